The van der Waals surface area contributed by atoms with Crippen LogP contribution in [0.25, 0.3) is 16.9 Å². The summed E-state index contributed by atoms with van der Waals surface area (Å²) in [5.74, 6) is -2.01. The number of amides is 1. The van der Waals surface area contributed by atoms with Crippen molar-refractivity contribution < 1.29 is 22.4 Å². The molecule has 0 atom stereocenters. The van der Waals surface area contributed by atoms with Crippen LogP contribution in [0.15, 0.2) is 42.7 Å². The van der Waals surface area contributed by atoms with Crippen LogP contribution in [0.1, 0.15) is 32.7 Å². The van der Waals surface area contributed by atoms with Gasteiger partial charge in [0.15, 0.2) is 0 Å². The molecule has 0 bridgehead atoms. The molecule has 2 aromatic carbocycles. The molecule has 0 aliphatic heterocycles. The first-order chi connectivity index (χ1) is 17.3. The number of halogens is 4. The van der Waals surface area contributed by atoms with Crippen LogP contribution in [-0.4, -0.2) is 49.7 Å². The molecular weight excluding hydrogens is 490 g/mol. The summed E-state index contributed by atoms with van der Waals surface area (Å²) in [4.78, 5) is 14.5. The minimum absolute atomic E-state index is 0.0711. The van der Waals surface area contributed by atoms with Crippen molar-refractivity contribution in [2.75, 3.05) is 19.4 Å². The number of carbonyl (C=O) groups is 1. The monoisotopic (exact) mass is 515 g/mol. The van der Waals surface area contributed by atoms with Crippen molar-refractivity contribution in [3.63, 3.8) is 0 Å². The number of hydrogen-bond acceptors (Lipinski definition) is 5. The van der Waals surface area contributed by atoms with Crippen LogP contribution in [0, 0.1) is 19.7 Å². The van der Waals surface area contributed by atoms with Gasteiger partial charge in [-0.2, -0.15) is 18.3 Å². The highest BCUT2D eigenvalue weighted by Crippen LogP contribution is 2.35. The molecule has 0 aliphatic rings. The van der Waals surface area contributed by atoms with Crippen LogP contribution >= 0.6 is 0 Å². The predicted octanol–water partition coefficient (Wildman–Crippen LogP) is 4.76. The summed E-state index contributed by atoms with van der Waals surface area (Å²) < 4.78 is 58.1. The van der Waals surface area contributed by atoms with Crippen molar-refractivity contribution in [1.29, 1.82) is 0 Å². The molecule has 1 amide bonds. The zero-order chi connectivity index (χ0) is 27.1. The van der Waals surface area contributed by atoms with Gasteiger partial charge in [0.25, 0.3) is 5.91 Å². The van der Waals surface area contributed by atoms with E-state index in [-0.39, 0.29) is 23.4 Å². The summed E-state index contributed by atoms with van der Waals surface area (Å²) >= 11 is 0. The Kier molecular flexibility index (Phi) is 6.87. The Balaban J connectivity index is 1.65. The number of nitrogens with one attached hydrogen (secondary N) is 1. The number of anilines is 1. The van der Waals surface area contributed by atoms with Crippen LogP contribution in [0.2, 0.25) is 0 Å². The minimum atomic E-state index is -4.92. The number of alkyl halides is 3. The predicted molar refractivity (Wildman–Crippen MR) is 130 cm³/mol. The highest BCUT2D eigenvalue weighted by atomic mass is 19.4. The van der Waals surface area contributed by atoms with Crippen LogP contribution in [0.3, 0.4) is 0 Å². The first kappa shape index (κ1) is 26.0. The number of hydrogen-bond donors (Lipinski definition) is 1. The maximum Gasteiger partial charge on any atom is 0.419 e. The van der Waals surface area contributed by atoms with Crippen molar-refractivity contribution in [3.05, 3.63) is 76.5 Å². The van der Waals surface area contributed by atoms with Crippen molar-refractivity contribution in [3.8, 4) is 16.9 Å². The zero-order valence-electron chi connectivity index (χ0n) is 20.9. The van der Waals surface area contributed by atoms with Crippen molar-refractivity contribution in [2.45, 2.75) is 26.6 Å². The van der Waals surface area contributed by atoms with E-state index < -0.39 is 23.5 Å². The molecule has 12 heteroatoms. The van der Waals surface area contributed by atoms with Crippen molar-refractivity contribution in [1.82, 2.24) is 29.7 Å². The van der Waals surface area contributed by atoms with Crippen molar-refractivity contribution in [2.24, 2.45) is 7.05 Å². The number of carbonyl (C=O) groups excluding carboxylic acids is 1. The topological polar surface area (TPSA) is 80.9 Å². The number of benzene rings is 2. The average molecular weight is 516 g/mol. The Labute approximate surface area is 210 Å². The number of rotatable bonds is 6. The Morgan fingerprint density at radius 3 is 2.49 bits per heavy atom. The average Bonchev–Trinajstić information content (AvgIpc) is 3.42. The molecule has 2 heterocycles. The third kappa shape index (κ3) is 5.38. The summed E-state index contributed by atoms with van der Waals surface area (Å²) in [7, 11) is 5.03. The Morgan fingerprint density at radius 2 is 1.86 bits per heavy atom. The summed E-state index contributed by atoms with van der Waals surface area (Å²) in [6.45, 7) is 3.66. The highest BCUT2D eigenvalue weighted by molar-refractivity contribution is 6.04. The highest BCUT2D eigenvalue weighted by Gasteiger charge is 2.36. The second-order valence-electron chi connectivity index (χ2n) is 9.00. The SMILES string of the molecule is Cc1ccc(C(=O)Nc2cc(CN(C)C)c(F)c(C(F)(F)F)c2)cc1-n1cc(-c2cnn(C)c2C)nn1. The maximum atomic E-state index is 14.5. The molecule has 4 aromatic rings. The Hall–Kier alpha value is -4.06. The van der Waals surface area contributed by atoms with E-state index in [4.69, 9.17) is 0 Å². The molecule has 1 N–H and O–H groups in total. The summed E-state index contributed by atoms with van der Waals surface area (Å²) in [6, 6.07) is 6.61. The van der Waals surface area contributed by atoms with Gasteiger partial charge < -0.3 is 10.2 Å². The van der Waals surface area contributed by atoms with Gasteiger partial charge in [-0.3, -0.25) is 9.48 Å². The summed E-state index contributed by atoms with van der Waals surface area (Å²) in [5.41, 5.74) is 2.08. The quantitative estimate of drug-likeness (QED) is 0.375. The summed E-state index contributed by atoms with van der Waals surface area (Å²) in [6.07, 6.45) is -1.53. The van der Waals surface area contributed by atoms with Crippen LogP contribution in [0.4, 0.5) is 23.2 Å². The lowest BCUT2D eigenvalue weighted by molar-refractivity contribution is -0.140. The van der Waals surface area contributed by atoms with Gasteiger partial charge in [-0.15, -0.1) is 5.10 Å². The molecule has 37 heavy (non-hydrogen) atoms. The molecule has 8 nitrogen and oxygen atoms in total. The zero-order valence-corrected chi connectivity index (χ0v) is 20.9. The first-order valence-corrected chi connectivity index (χ1v) is 11.2. The molecule has 0 spiro atoms. The molecule has 4 rings (SSSR count). The molecule has 0 unspecified atom stereocenters. The van der Waals surface area contributed by atoms with Crippen LogP contribution in [-0.2, 0) is 19.8 Å². The lowest BCUT2D eigenvalue weighted by Crippen LogP contribution is -2.18. The normalized spacial score (nSPS) is 11.8. The van der Waals surface area contributed by atoms with E-state index in [9.17, 15) is 22.4 Å². The molecule has 2 aromatic heterocycles. The molecule has 0 saturated carbocycles. The van der Waals surface area contributed by atoms with Gasteiger partial charge in [0.1, 0.15) is 11.5 Å². The molecule has 194 valence electrons. The lowest BCUT2D eigenvalue weighted by atomic mass is 10.1. The van der Waals surface area contributed by atoms with E-state index >= 15 is 0 Å². The smallest absolute Gasteiger partial charge is 0.322 e. The van der Waals surface area contributed by atoms with E-state index in [1.54, 1.807) is 49.4 Å². The van der Waals surface area contributed by atoms with Gasteiger partial charge in [-0.1, -0.05) is 11.3 Å². The number of aromatic nitrogens is 5. The van der Waals surface area contributed by atoms with Crippen molar-refractivity contribution >= 4 is 11.6 Å². The van der Waals surface area contributed by atoms with Gasteiger partial charge in [-0.05, 0) is 57.8 Å². The van der Waals surface area contributed by atoms with E-state index in [1.807, 2.05) is 20.9 Å². The van der Waals surface area contributed by atoms with Gasteiger partial charge in [-0.25, -0.2) is 9.07 Å². The van der Waals surface area contributed by atoms with Gasteiger partial charge in [0.05, 0.1) is 23.6 Å². The van der Waals surface area contributed by atoms with Crippen LogP contribution < -0.4 is 5.32 Å². The first-order valence-electron chi connectivity index (χ1n) is 11.2. The fraction of sp³-hybridized carbons (Fsp3) is 0.280. The van der Waals surface area contributed by atoms with Crippen LogP contribution in [0.5, 0.6) is 0 Å². The van der Waals surface area contributed by atoms with E-state index in [1.165, 1.54) is 15.6 Å². The molecule has 0 radical (unpaired) electrons. The van der Waals surface area contributed by atoms with E-state index in [0.717, 1.165) is 16.8 Å². The summed E-state index contributed by atoms with van der Waals surface area (Å²) in [5, 5.41) is 15.1. The second kappa shape index (κ2) is 9.77. The number of aryl methyl sites for hydroxylation is 2. The largest absolute Gasteiger partial charge is 0.419 e. The lowest BCUT2D eigenvalue weighted by Gasteiger charge is -2.17. The molecule has 0 aliphatic carbocycles. The minimum Gasteiger partial charge on any atom is -0.322 e. The van der Waals surface area contributed by atoms with Gasteiger partial charge in [0.2, 0.25) is 0 Å². The molecule has 0 saturated heterocycles. The van der Waals surface area contributed by atoms with Gasteiger partial charge >= 0.3 is 6.18 Å². The van der Waals surface area contributed by atoms with Gasteiger partial charge in [0, 0.05) is 41.7 Å². The molecule has 0 fully saturated rings. The maximum absolute atomic E-state index is 14.5. The van der Waals surface area contributed by atoms with E-state index in [0.29, 0.717) is 17.4 Å². The second-order valence-corrected chi connectivity index (χ2v) is 9.00. The molecular formula is C25H25F4N7O. The fourth-order valence-electron chi connectivity index (χ4n) is 3.87. The fourth-order valence-corrected chi connectivity index (χ4v) is 3.87. The Morgan fingerprint density at radius 1 is 1.14 bits per heavy atom. The third-order valence-electron chi connectivity index (χ3n) is 5.92. The third-order valence-corrected chi connectivity index (χ3v) is 5.92. The van der Waals surface area contributed by atoms with E-state index in [2.05, 4.69) is 20.7 Å². The Bertz CT molecular complexity index is 1470. The standard InChI is InChI=1S/C25H25F4N7O/c1-14-6-7-16(9-22(14)36-13-21(32-33-36)19-11-30-35(5)15(19)2)24(37)31-18-8-17(12-34(3)4)23(26)20(10-18)25(27,28)29/h6-11,13H,12H2,1-5H3,(H,31,37). The number of nitrogens with zero attached hydrogens (tertiary/aromatic N) is 6.